The molecule has 0 aliphatic heterocycles. The van der Waals surface area contributed by atoms with E-state index in [1.54, 1.807) is 25.6 Å². The number of nitrogens with two attached hydrogens (primary N) is 1. The molecule has 0 spiro atoms. The second-order valence-corrected chi connectivity index (χ2v) is 4.34. The SMILES string of the molecule is COc1ccc(-c2csc(CN)n2)c(OC)c1. The van der Waals surface area contributed by atoms with Gasteiger partial charge in [-0.05, 0) is 12.1 Å². The summed E-state index contributed by atoms with van der Waals surface area (Å²) in [5.74, 6) is 1.51. The average Bonchev–Trinajstić information content (AvgIpc) is 2.86. The molecule has 0 saturated heterocycles. The van der Waals surface area contributed by atoms with Gasteiger partial charge in [-0.2, -0.15) is 0 Å². The predicted molar refractivity (Wildman–Crippen MR) is 68.5 cm³/mol. The van der Waals surface area contributed by atoms with Crippen molar-refractivity contribution in [2.45, 2.75) is 6.54 Å². The minimum absolute atomic E-state index is 0.461. The van der Waals surface area contributed by atoms with Gasteiger partial charge in [0, 0.05) is 23.6 Å². The van der Waals surface area contributed by atoms with Crippen molar-refractivity contribution in [2.75, 3.05) is 14.2 Å². The summed E-state index contributed by atoms with van der Waals surface area (Å²) >= 11 is 1.55. The normalized spacial score (nSPS) is 10.3. The predicted octanol–water partition coefficient (Wildman–Crippen LogP) is 2.29. The Morgan fingerprint density at radius 3 is 2.71 bits per heavy atom. The third-order valence-corrected chi connectivity index (χ3v) is 3.28. The monoisotopic (exact) mass is 250 g/mol. The van der Waals surface area contributed by atoms with Crippen molar-refractivity contribution in [1.82, 2.24) is 4.98 Å². The van der Waals surface area contributed by atoms with Crippen molar-refractivity contribution >= 4 is 11.3 Å². The van der Waals surface area contributed by atoms with Crippen molar-refractivity contribution in [3.63, 3.8) is 0 Å². The van der Waals surface area contributed by atoms with E-state index in [4.69, 9.17) is 15.2 Å². The van der Waals surface area contributed by atoms with Crippen LogP contribution in [0.3, 0.4) is 0 Å². The van der Waals surface area contributed by atoms with E-state index in [2.05, 4.69) is 4.98 Å². The molecule has 0 radical (unpaired) electrons. The number of nitrogens with zero attached hydrogens (tertiary/aromatic N) is 1. The van der Waals surface area contributed by atoms with Gasteiger partial charge in [-0.1, -0.05) is 0 Å². The van der Waals surface area contributed by atoms with Gasteiger partial charge in [0.15, 0.2) is 0 Å². The molecule has 2 rings (SSSR count). The molecule has 17 heavy (non-hydrogen) atoms. The quantitative estimate of drug-likeness (QED) is 0.904. The fraction of sp³-hybridized carbons (Fsp3) is 0.250. The molecule has 90 valence electrons. The molecule has 2 N–H and O–H groups in total. The Morgan fingerprint density at radius 2 is 2.12 bits per heavy atom. The molecule has 2 aromatic rings. The number of methoxy groups -OCH3 is 2. The highest BCUT2D eigenvalue weighted by molar-refractivity contribution is 7.09. The summed E-state index contributed by atoms with van der Waals surface area (Å²) in [6.45, 7) is 0.461. The van der Waals surface area contributed by atoms with Crippen LogP contribution in [0.1, 0.15) is 5.01 Å². The second kappa shape index (κ2) is 5.16. The second-order valence-electron chi connectivity index (χ2n) is 3.40. The van der Waals surface area contributed by atoms with Gasteiger partial charge in [0.25, 0.3) is 0 Å². The highest BCUT2D eigenvalue weighted by Gasteiger charge is 2.10. The fourth-order valence-corrected chi connectivity index (χ4v) is 2.21. The number of rotatable bonds is 4. The van der Waals surface area contributed by atoms with Gasteiger partial charge < -0.3 is 15.2 Å². The summed E-state index contributed by atoms with van der Waals surface area (Å²) in [7, 11) is 3.26. The summed E-state index contributed by atoms with van der Waals surface area (Å²) in [5, 5.41) is 2.89. The number of ether oxygens (including phenoxy) is 2. The Hall–Kier alpha value is -1.59. The highest BCUT2D eigenvalue weighted by atomic mass is 32.1. The molecular weight excluding hydrogens is 236 g/mol. The van der Waals surface area contributed by atoms with Crippen LogP contribution in [0.5, 0.6) is 11.5 Å². The van der Waals surface area contributed by atoms with E-state index in [0.717, 1.165) is 27.8 Å². The van der Waals surface area contributed by atoms with E-state index in [-0.39, 0.29) is 0 Å². The van der Waals surface area contributed by atoms with Crippen molar-refractivity contribution < 1.29 is 9.47 Å². The van der Waals surface area contributed by atoms with Gasteiger partial charge in [0.2, 0.25) is 0 Å². The highest BCUT2D eigenvalue weighted by Crippen LogP contribution is 2.33. The lowest BCUT2D eigenvalue weighted by atomic mass is 10.1. The van der Waals surface area contributed by atoms with Crippen LogP contribution in [0.4, 0.5) is 0 Å². The van der Waals surface area contributed by atoms with Crippen molar-refractivity contribution in [2.24, 2.45) is 5.73 Å². The van der Waals surface area contributed by atoms with Crippen molar-refractivity contribution in [3.8, 4) is 22.8 Å². The summed E-state index contributed by atoms with van der Waals surface area (Å²) in [5.41, 5.74) is 7.39. The summed E-state index contributed by atoms with van der Waals surface area (Å²) < 4.78 is 10.5. The lowest BCUT2D eigenvalue weighted by Gasteiger charge is -2.08. The largest absolute Gasteiger partial charge is 0.497 e. The smallest absolute Gasteiger partial charge is 0.131 e. The number of hydrogen-bond acceptors (Lipinski definition) is 5. The minimum Gasteiger partial charge on any atom is -0.497 e. The lowest BCUT2D eigenvalue weighted by molar-refractivity contribution is 0.395. The van der Waals surface area contributed by atoms with Gasteiger partial charge in [-0.25, -0.2) is 4.98 Å². The summed E-state index contributed by atoms with van der Waals surface area (Å²) in [4.78, 5) is 4.44. The first-order valence-electron chi connectivity index (χ1n) is 5.15. The molecule has 0 unspecified atom stereocenters. The van der Waals surface area contributed by atoms with Crippen LogP contribution in [-0.2, 0) is 6.54 Å². The Bertz CT molecular complexity index is 511. The Morgan fingerprint density at radius 1 is 1.29 bits per heavy atom. The molecule has 0 atom stereocenters. The van der Waals surface area contributed by atoms with Crippen molar-refractivity contribution in [3.05, 3.63) is 28.6 Å². The van der Waals surface area contributed by atoms with Gasteiger partial charge in [0.05, 0.1) is 19.9 Å². The van der Waals surface area contributed by atoms with Gasteiger partial charge in [-0.15, -0.1) is 11.3 Å². The van der Waals surface area contributed by atoms with Crippen LogP contribution in [0.2, 0.25) is 0 Å². The van der Waals surface area contributed by atoms with Crippen LogP contribution >= 0.6 is 11.3 Å². The molecule has 0 amide bonds. The van der Waals surface area contributed by atoms with E-state index in [0.29, 0.717) is 6.54 Å². The molecule has 1 aromatic carbocycles. The van der Waals surface area contributed by atoms with Crippen LogP contribution in [-0.4, -0.2) is 19.2 Å². The average molecular weight is 250 g/mol. The fourth-order valence-electron chi connectivity index (χ4n) is 1.54. The molecule has 0 aliphatic rings. The maximum absolute atomic E-state index is 5.55. The van der Waals surface area contributed by atoms with E-state index in [1.165, 1.54) is 0 Å². The first-order valence-corrected chi connectivity index (χ1v) is 6.03. The molecule has 1 heterocycles. The molecule has 0 fully saturated rings. The van der Waals surface area contributed by atoms with Crippen LogP contribution < -0.4 is 15.2 Å². The molecule has 0 bridgehead atoms. The van der Waals surface area contributed by atoms with Gasteiger partial charge in [-0.3, -0.25) is 0 Å². The van der Waals surface area contributed by atoms with Gasteiger partial charge in [0.1, 0.15) is 16.5 Å². The van der Waals surface area contributed by atoms with Crippen LogP contribution in [0.15, 0.2) is 23.6 Å². The Labute approximate surface area is 104 Å². The lowest BCUT2D eigenvalue weighted by Crippen LogP contribution is -1.95. The van der Waals surface area contributed by atoms with Crippen LogP contribution in [0, 0.1) is 0 Å². The minimum atomic E-state index is 0.461. The Balaban J connectivity index is 2.43. The first kappa shape index (κ1) is 11.9. The first-order chi connectivity index (χ1) is 8.28. The molecule has 5 heteroatoms. The summed E-state index contributed by atoms with van der Waals surface area (Å²) in [6.07, 6.45) is 0. The number of benzene rings is 1. The van der Waals surface area contributed by atoms with E-state index < -0.39 is 0 Å². The van der Waals surface area contributed by atoms with Crippen molar-refractivity contribution in [1.29, 1.82) is 0 Å². The van der Waals surface area contributed by atoms with Gasteiger partial charge >= 0.3 is 0 Å². The van der Waals surface area contributed by atoms with E-state index in [9.17, 15) is 0 Å². The third-order valence-electron chi connectivity index (χ3n) is 2.41. The maximum Gasteiger partial charge on any atom is 0.131 e. The standard InChI is InChI=1S/C12H14N2O2S/c1-15-8-3-4-9(11(5-8)16-2)10-7-17-12(6-13)14-10/h3-5,7H,6,13H2,1-2H3. The Kier molecular flexibility index (Phi) is 3.61. The zero-order valence-electron chi connectivity index (χ0n) is 9.77. The van der Waals surface area contributed by atoms with Crippen LogP contribution in [0.25, 0.3) is 11.3 Å². The molecule has 0 aliphatic carbocycles. The third kappa shape index (κ3) is 2.40. The number of aromatic nitrogens is 1. The topological polar surface area (TPSA) is 57.4 Å². The summed E-state index contributed by atoms with van der Waals surface area (Å²) in [6, 6.07) is 5.67. The molecule has 1 aromatic heterocycles. The van der Waals surface area contributed by atoms with E-state index in [1.807, 2.05) is 23.6 Å². The number of thiazole rings is 1. The molecule has 4 nitrogen and oxygen atoms in total. The zero-order valence-corrected chi connectivity index (χ0v) is 10.6. The molecule has 0 saturated carbocycles. The maximum atomic E-state index is 5.55. The molecular formula is C12H14N2O2S. The number of hydrogen-bond donors (Lipinski definition) is 1. The zero-order chi connectivity index (χ0) is 12.3. The van der Waals surface area contributed by atoms with E-state index >= 15 is 0 Å².